The molecule has 0 aliphatic heterocycles. The van der Waals surface area contributed by atoms with Gasteiger partial charge in [0.15, 0.2) is 0 Å². The summed E-state index contributed by atoms with van der Waals surface area (Å²) in [6.45, 7) is 2.03. The van der Waals surface area contributed by atoms with E-state index in [4.69, 9.17) is 11.5 Å². The van der Waals surface area contributed by atoms with E-state index in [-0.39, 0.29) is 6.17 Å². The smallest absolute Gasteiger partial charge is 0.0784 e. The molecule has 0 spiro atoms. The van der Waals surface area contributed by atoms with E-state index in [1.54, 1.807) is 0 Å². The molecular weight excluding hydrogens is 124 g/mol. The highest BCUT2D eigenvalue weighted by atomic mass is 14.8. The lowest BCUT2D eigenvalue weighted by atomic mass is 10.1. The third-order valence-corrected chi connectivity index (χ3v) is 1.46. The summed E-state index contributed by atoms with van der Waals surface area (Å²) in [4.78, 5) is 0. The molecular formula is C8H12N2. The zero-order valence-corrected chi connectivity index (χ0v) is 6.04. The van der Waals surface area contributed by atoms with Gasteiger partial charge < -0.3 is 11.5 Å². The van der Waals surface area contributed by atoms with Crippen molar-refractivity contribution < 1.29 is 0 Å². The van der Waals surface area contributed by atoms with Crippen LogP contribution >= 0.6 is 0 Å². The van der Waals surface area contributed by atoms with Crippen molar-refractivity contribution in [3.8, 4) is 0 Å². The first-order valence-corrected chi connectivity index (χ1v) is 3.28. The second kappa shape index (κ2) is 2.82. The van der Waals surface area contributed by atoms with Crippen LogP contribution < -0.4 is 11.5 Å². The fourth-order valence-corrected chi connectivity index (χ4v) is 0.789. The minimum atomic E-state index is -0.347. The Kier molecular flexibility index (Phi) is 2.04. The first kappa shape index (κ1) is 7.25. The first-order chi connectivity index (χ1) is 4.70. The highest BCUT2D eigenvalue weighted by Gasteiger charge is 1.95. The SMILES string of the molecule is C[12c]1ccc(C(N)N)cc1. The fourth-order valence-electron chi connectivity index (χ4n) is 0.789. The molecule has 0 saturated carbocycles. The Morgan fingerprint density at radius 3 is 2.00 bits per heavy atom. The van der Waals surface area contributed by atoms with Crippen LogP contribution in [0.5, 0.6) is 0 Å². The monoisotopic (exact) mass is 136 g/mol. The first-order valence-electron chi connectivity index (χ1n) is 3.28. The standard InChI is InChI=1S/C8H12N2/c1-6-2-4-7(5-3-6)8(9)10/h2-5,8H,9-10H2,1H3/i6+0. The molecule has 1 rings (SSSR count). The molecule has 2 heteroatoms. The quantitative estimate of drug-likeness (QED) is 0.564. The molecule has 0 amide bonds. The molecule has 0 atom stereocenters. The number of benzene rings is 1. The molecule has 0 unspecified atom stereocenters. The summed E-state index contributed by atoms with van der Waals surface area (Å²) in [7, 11) is 0. The molecule has 0 aromatic heterocycles. The van der Waals surface area contributed by atoms with Crippen LogP contribution in [0.15, 0.2) is 24.3 Å². The normalized spacial score (nSPS) is 10.4. The van der Waals surface area contributed by atoms with E-state index in [1.807, 2.05) is 31.2 Å². The molecule has 1 aromatic carbocycles. The van der Waals surface area contributed by atoms with Gasteiger partial charge in [-0.05, 0) is 12.5 Å². The number of hydrogen-bond donors (Lipinski definition) is 2. The summed E-state index contributed by atoms with van der Waals surface area (Å²) in [6, 6.07) is 7.89. The van der Waals surface area contributed by atoms with E-state index >= 15 is 0 Å². The molecule has 0 aliphatic rings. The fraction of sp³-hybridized carbons (Fsp3) is 0.250. The number of nitrogens with two attached hydrogens (primary N) is 2. The summed E-state index contributed by atoms with van der Waals surface area (Å²) in [6.07, 6.45) is -0.347. The molecule has 0 radical (unpaired) electrons. The van der Waals surface area contributed by atoms with Crippen LogP contribution in [-0.4, -0.2) is 0 Å². The largest absolute Gasteiger partial charge is 0.312 e. The van der Waals surface area contributed by atoms with Crippen molar-refractivity contribution in [3.05, 3.63) is 35.4 Å². The maximum Gasteiger partial charge on any atom is 0.0784 e. The Balaban J connectivity index is 2.89. The topological polar surface area (TPSA) is 52.0 Å². The third-order valence-electron chi connectivity index (χ3n) is 1.46. The van der Waals surface area contributed by atoms with Gasteiger partial charge in [-0.1, -0.05) is 29.8 Å². The highest BCUT2D eigenvalue weighted by Crippen LogP contribution is 2.05. The van der Waals surface area contributed by atoms with E-state index in [0.717, 1.165) is 5.56 Å². The molecule has 1 aromatic rings. The van der Waals surface area contributed by atoms with Crippen molar-refractivity contribution in [2.24, 2.45) is 11.5 Å². The van der Waals surface area contributed by atoms with E-state index in [2.05, 4.69) is 0 Å². The highest BCUT2D eigenvalue weighted by molar-refractivity contribution is 5.22. The van der Waals surface area contributed by atoms with Crippen molar-refractivity contribution in [1.29, 1.82) is 0 Å². The van der Waals surface area contributed by atoms with Crippen molar-refractivity contribution in [2.75, 3.05) is 0 Å². The summed E-state index contributed by atoms with van der Waals surface area (Å²) >= 11 is 0. The van der Waals surface area contributed by atoms with Crippen molar-refractivity contribution in [2.45, 2.75) is 13.1 Å². The molecule has 4 N–H and O–H groups in total. The summed E-state index contributed by atoms with van der Waals surface area (Å²) in [5, 5.41) is 0. The van der Waals surface area contributed by atoms with Gasteiger partial charge in [0.05, 0.1) is 6.17 Å². The Morgan fingerprint density at radius 1 is 1.10 bits per heavy atom. The van der Waals surface area contributed by atoms with E-state index in [0.29, 0.717) is 0 Å². The summed E-state index contributed by atoms with van der Waals surface area (Å²) in [5.41, 5.74) is 13.1. The Hall–Kier alpha value is -0.860. The number of hydrogen-bond acceptors (Lipinski definition) is 2. The van der Waals surface area contributed by atoms with Gasteiger partial charge in [-0.3, -0.25) is 0 Å². The lowest BCUT2D eigenvalue weighted by Crippen LogP contribution is -2.19. The third kappa shape index (κ3) is 1.56. The van der Waals surface area contributed by atoms with Crippen molar-refractivity contribution in [1.82, 2.24) is 0 Å². The van der Waals surface area contributed by atoms with Gasteiger partial charge in [0, 0.05) is 0 Å². The van der Waals surface area contributed by atoms with Crippen LogP contribution in [0.4, 0.5) is 0 Å². The maximum absolute atomic E-state index is 5.44. The number of aryl methyl sites for hydroxylation is 1. The molecule has 54 valence electrons. The Bertz CT molecular complexity index is 201. The lowest BCUT2D eigenvalue weighted by Gasteiger charge is -2.04. The van der Waals surface area contributed by atoms with Gasteiger partial charge in [-0.2, -0.15) is 0 Å². The average Bonchev–Trinajstić information content (AvgIpc) is 1.88. The van der Waals surface area contributed by atoms with Crippen molar-refractivity contribution in [3.63, 3.8) is 0 Å². The maximum atomic E-state index is 5.44. The molecule has 0 saturated heterocycles. The predicted molar refractivity (Wildman–Crippen MR) is 42.3 cm³/mol. The summed E-state index contributed by atoms with van der Waals surface area (Å²) < 4.78 is 0. The molecule has 0 aliphatic carbocycles. The zero-order chi connectivity index (χ0) is 7.56. The minimum absolute atomic E-state index is 0.347. The van der Waals surface area contributed by atoms with Crippen molar-refractivity contribution >= 4 is 0 Å². The van der Waals surface area contributed by atoms with Gasteiger partial charge in [-0.15, -0.1) is 0 Å². The Morgan fingerprint density at radius 2 is 1.60 bits per heavy atom. The van der Waals surface area contributed by atoms with Crippen LogP contribution in [-0.2, 0) is 0 Å². The predicted octanol–water partition coefficient (Wildman–Crippen LogP) is 0.911. The van der Waals surface area contributed by atoms with Crippen LogP contribution in [0, 0.1) is 6.92 Å². The van der Waals surface area contributed by atoms with E-state index in [1.165, 1.54) is 5.56 Å². The van der Waals surface area contributed by atoms with Gasteiger partial charge in [-0.25, -0.2) is 0 Å². The van der Waals surface area contributed by atoms with Gasteiger partial charge in [0.1, 0.15) is 0 Å². The van der Waals surface area contributed by atoms with Gasteiger partial charge in [0.2, 0.25) is 0 Å². The molecule has 2 nitrogen and oxygen atoms in total. The summed E-state index contributed by atoms with van der Waals surface area (Å²) in [5.74, 6) is 0. The minimum Gasteiger partial charge on any atom is -0.312 e. The molecule has 10 heavy (non-hydrogen) atoms. The van der Waals surface area contributed by atoms with Crippen LogP contribution in [0.2, 0.25) is 0 Å². The number of rotatable bonds is 1. The van der Waals surface area contributed by atoms with Gasteiger partial charge in [0.25, 0.3) is 0 Å². The molecule has 0 heterocycles. The van der Waals surface area contributed by atoms with Crippen LogP contribution in [0.3, 0.4) is 0 Å². The van der Waals surface area contributed by atoms with Crippen LogP contribution in [0.1, 0.15) is 17.3 Å². The second-order valence-corrected chi connectivity index (χ2v) is 2.44. The Labute approximate surface area is 60.8 Å². The van der Waals surface area contributed by atoms with E-state index in [9.17, 15) is 0 Å². The second-order valence-electron chi connectivity index (χ2n) is 2.44. The average molecular weight is 136 g/mol. The van der Waals surface area contributed by atoms with Gasteiger partial charge >= 0.3 is 0 Å². The lowest BCUT2D eigenvalue weighted by molar-refractivity contribution is 0.773. The van der Waals surface area contributed by atoms with E-state index < -0.39 is 0 Å². The van der Waals surface area contributed by atoms with Crippen LogP contribution in [0.25, 0.3) is 0 Å². The molecule has 0 fully saturated rings. The molecule has 0 bridgehead atoms. The zero-order valence-electron chi connectivity index (χ0n) is 6.04.